The van der Waals surface area contributed by atoms with Crippen molar-refractivity contribution in [1.29, 1.82) is 0 Å². The molecule has 0 saturated heterocycles. The summed E-state index contributed by atoms with van der Waals surface area (Å²) in [6.07, 6.45) is 1.27. The molecule has 1 heterocycles. The number of carbonyl (C=O) groups is 1. The third-order valence-corrected chi connectivity index (χ3v) is 2.57. The number of hydrogen-bond acceptors (Lipinski definition) is 3. The van der Waals surface area contributed by atoms with E-state index in [4.69, 9.17) is 0 Å². The Balaban J connectivity index is 2.27. The molecule has 1 amide bonds. The topological polar surface area (TPSA) is 70.7 Å². The number of H-pyrrole nitrogens is 1. The number of nitrogens with one attached hydrogen (secondary N) is 2. The van der Waals surface area contributed by atoms with Gasteiger partial charge in [-0.1, -0.05) is 6.92 Å². The van der Waals surface area contributed by atoms with Crippen LogP contribution in [0.4, 0.5) is 23.2 Å². The Kier molecular flexibility index (Phi) is 4.20. The summed E-state index contributed by atoms with van der Waals surface area (Å²) in [4.78, 5) is 15.5. The summed E-state index contributed by atoms with van der Waals surface area (Å²) in [5.74, 6) is -7.71. The van der Waals surface area contributed by atoms with Gasteiger partial charge in [0.2, 0.25) is 5.82 Å². The van der Waals surface area contributed by atoms with Crippen LogP contribution in [0.5, 0.6) is 0 Å². The van der Waals surface area contributed by atoms with Crippen LogP contribution in [0.1, 0.15) is 29.8 Å². The number of aromatic nitrogens is 3. The number of carbonyl (C=O) groups excluding carboxylic acids is 1. The fourth-order valence-electron chi connectivity index (χ4n) is 1.60. The second-order valence-electron chi connectivity index (χ2n) is 4.15. The Morgan fingerprint density at radius 3 is 2.43 bits per heavy atom. The average Bonchev–Trinajstić information content (AvgIpc) is 2.90. The van der Waals surface area contributed by atoms with Gasteiger partial charge in [-0.3, -0.25) is 9.89 Å². The van der Waals surface area contributed by atoms with Crippen molar-refractivity contribution in [2.45, 2.75) is 19.8 Å². The SMILES string of the molecule is CCCc1nc(C(=O)Nc2c(F)c(F)cc(F)c2F)n[nH]1. The molecule has 1 aromatic heterocycles. The van der Waals surface area contributed by atoms with Gasteiger partial charge in [-0.05, 0) is 6.42 Å². The van der Waals surface area contributed by atoms with Crippen LogP contribution < -0.4 is 5.32 Å². The number of nitrogens with zero attached hydrogens (tertiary/aromatic N) is 2. The van der Waals surface area contributed by atoms with E-state index in [1.807, 2.05) is 6.92 Å². The van der Waals surface area contributed by atoms with Crippen LogP contribution in [0.2, 0.25) is 0 Å². The fourth-order valence-corrected chi connectivity index (χ4v) is 1.60. The van der Waals surface area contributed by atoms with Crippen LogP contribution in [0.3, 0.4) is 0 Å². The molecule has 0 aliphatic heterocycles. The zero-order valence-corrected chi connectivity index (χ0v) is 10.8. The van der Waals surface area contributed by atoms with E-state index in [1.165, 1.54) is 0 Å². The summed E-state index contributed by atoms with van der Waals surface area (Å²) in [6.45, 7) is 1.88. The monoisotopic (exact) mass is 302 g/mol. The van der Waals surface area contributed by atoms with Crippen LogP contribution in [0, 0.1) is 23.3 Å². The van der Waals surface area contributed by atoms with Crippen molar-refractivity contribution in [3.05, 3.63) is 41.0 Å². The predicted octanol–water partition coefficient (Wildman–Crippen LogP) is 2.57. The number of aromatic amines is 1. The lowest BCUT2D eigenvalue weighted by Gasteiger charge is -2.07. The lowest BCUT2D eigenvalue weighted by molar-refractivity contribution is 0.101. The summed E-state index contributed by atoms with van der Waals surface area (Å²) in [7, 11) is 0. The standard InChI is InChI=1S/C12H10F4N4O/c1-2-3-7-17-11(20-19-7)12(21)18-10-8(15)5(13)4-6(14)9(10)16/h4H,2-3H2,1H3,(H,18,21)(H,17,19,20). The molecule has 0 saturated carbocycles. The van der Waals surface area contributed by atoms with Gasteiger partial charge >= 0.3 is 0 Å². The number of anilines is 1. The third kappa shape index (κ3) is 3.01. The van der Waals surface area contributed by atoms with Crippen LogP contribution in [0.15, 0.2) is 6.07 Å². The zero-order valence-electron chi connectivity index (χ0n) is 10.8. The molecular weight excluding hydrogens is 292 g/mol. The summed E-state index contributed by atoms with van der Waals surface area (Å²) in [5.41, 5.74) is -1.22. The smallest absolute Gasteiger partial charge is 0.295 e. The molecule has 2 N–H and O–H groups in total. The molecule has 5 nitrogen and oxygen atoms in total. The molecule has 0 atom stereocenters. The molecule has 9 heteroatoms. The lowest BCUT2D eigenvalue weighted by Crippen LogP contribution is -2.17. The minimum Gasteiger partial charge on any atom is -0.314 e. The lowest BCUT2D eigenvalue weighted by atomic mass is 10.2. The maximum Gasteiger partial charge on any atom is 0.295 e. The van der Waals surface area contributed by atoms with Crippen molar-refractivity contribution in [2.75, 3.05) is 5.32 Å². The molecule has 2 rings (SSSR count). The number of halogens is 4. The minimum absolute atomic E-state index is 0.0481. The Labute approximate surface area is 116 Å². The molecule has 0 spiro atoms. The molecule has 0 aliphatic carbocycles. The molecule has 2 aromatic rings. The van der Waals surface area contributed by atoms with Crippen molar-refractivity contribution in [1.82, 2.24) is 15.2 Å². The van der Waals surface area contributed by atoms with E-state index in [0.717, 1.165) is 6.42 Å². The van der Waals surface area contributed by atoms with E-state index < -0.39 is 34.9 Å². The van der Waals surface area contributed by atoms with E-state index in [-0.39, 0.29) is 11.9 Å². The van der Waals surface area contributed by atoms with Gasteiger partial charge in [-0.15, -0.1) is 5.10 Å². The minimum atomic E-state index is -1.70. The van der Waals surface area contributed by atoms with Gasteiger partial charge in [-0.25, -0.2) is 22.5 Å². The normalized spacial score (nSPS) is 10.7. The van der Waals surface area contributed by atoms with E-state index >= 15 is 0 Å². The van der Waals surface area contributed by atoms with Gasteiger partial charge in [0.25, 0.3) is 5.91 Å². The number of aryl methyl sites for hydroxylation is 1. The molecule has 0 unspecified atom stereocenters. The number of benzene rings is 1. The van der Waals surface area contributed by atoms with Gasteiger partial charge in [0, 0.05) is 12.5 Å². The molecule has 0 fully saturated rings. The first-order valence-corrected chi connectivity index (χ1v) is 5.99. The predicted molar refractivity (Wildman–Crippen MR) is 64.6 cm³/mol. The summed E-state index contributed by atoms with van der Waals surface area (Å²) in [5, 5.41) is 7.74. The van der Waals surface area contributed by atoms with Crippen molar-refractivity contribution < 1.29 is 22.4 Å². The largest absolute Gasteiger partial charge is 0.314 e. The quantitative estimate of drug-likeness (QED) is 0.673. The highest BCUT2D eigenvalue weighted by molar-refractivity contribution is 6.01. The van der Waals surface area contributed by atoms with Gasteiger partial charge in [-0.2, -0.15) is 0 Å². The van der Waals surface area contributed by atoms with Crippen LogP contribution in [-0.4, -0.2) is 21.1 Å². The number of hydrogen-bond donors (Lipinski definition) is 2. The Bertz CT molecular complexity index is 660. The first-order valence-electron chi connectivity index (χ1n) is 5.99. The molecule has 0 aliphatic rings. The highest BCUT2D eigenvalue weighted by Gasteiger charge is 2.22. The fraction of sp³-hybridized carbons (Fsp3) is 0.250. The van der Waals surface area contributed by atoms with Crippen LogP contribution >= 0.6 is 0 Å². The van der Waals surface area contributed by atoms with Crippen molar-refractivity contribution in [3.63, 3.8) is 0 Å². The molecule has 1 aromatic carbocycles. The molecule has 0 bridgehead atoms. The summed E-state index contributed by atoms with van der Waals surface area (Å²) in [6, 6.07) is 0.0481. The molecule has 112 valence electrons. The Morgan fingerprint density at radius 1 is 1.24 bits per heavy atom. The average molecular weight is 302 g/mol. The maximum atomic E-state index is 13.4. The second-order valence-corrected chi connectivity index (χ2v) is 4.15. The maximum absolute atomic E-state index is 13.4. The van der Waals surface area contributed by atoms with E-state index in [9.17, 15) is 22.4 Å². The van der Waals surface area contributed by atoms with Gasteiger partial charge < -0.3 is 5.32 Å². The van der Waals surface area contributed by atoms with Crippen molar-refractivity contribution in [3.8, 4) is 0 Å². The first kappa shape index (κ1) is 14.9. The highest BCUT2D eigenvalue weighted by Crippen LogP contribution is 2.24. The van der Waals surface area contributed by atoms with E-state index in [2.05, 4.69) is 15.2 Å². The number of rotatable bonds is 4. The molecule has 0 radical (unpaired) electrons. The van der Waals surface area contributed by atoms with Gasteiger partial charge in [0.1, 0.15) is 11.5 Å². The molecular formula is C12H10F4N4O. The van der Waals surface area contributed by atoms with E-state index in [1.54, 1.807) is 5.32 Å². The number of amides is 1. The van der Waals surface area contributed by atoms with Crippen LogP contribution in [-0.2, 0) is 6.42 Å². The van der Waals surface area contributed by atoms with Gasteiger partial charge in [0.05, 0.1) is 0 Å². The van der Waals surface area contributed by atoms with Gasteiger partial charge in [0.15, 0.2) is 23.3 Å². The van der Waals surface area contributed by atoms with E-state index in [0.29, 0.717) is 12.2 Å². The zero-order chi connectivity index (χ0) is 15.6. The van der Waals surface area contributed by atoms with Crippen molar-refractivity contribution >= 4 is 11.6 Å². The highest BCUT2D eigenvalue weighted by atomic mass is 19.2. The first-order chi connectivity index (χ1) is 9.93. The summed E-state index contributed by atoms with van der Waals surface area (Å²) < 4.78 is 52.8. The summed E-state index contributed by atoms with van der Waals surface area (Å²) >= 11 is 0. The Hall–Kier alpha value is -2.45. The Morgan fingerprint density at radius 2 is 1.86 bits per heavy atom. The molecule has 21 heavy (non-hydrogen) atoms. The second kappa shape index (κ2) is 5.90. The van der Waals surface area contributed by atoms with Crippen LogP contribution in [0.25, 0.3) is 0 Å². The third-order valence-electron chi connectivity index (χ3n) is 2.57. The van der Waals surface area contributed by atoms with Crippen molar-refractivity contribution in [2.24, 2.45) is 0 Å².